The molecule has 1 fully saturated rings. The Morgan fingerprint density at radius 1 is 1.07 bits per heavy atom. The number of hydrogen-bond donors (Lipinski definition) is 1. The molecule has 1 N–H and O–H groups in total. The molecule has 1 atom stereocenters. The predicted molar refractivity (Wildman–Crippen MR) is 116 cm³/mol. The first kappa shape index (κ1) is 22.3. The van der Waals surface area contributed by atoms with E-state index in [-0.39, 0.29) is 22.6 Å². The monoisotopic (exact) mass is 449 g/mol. The van der Waals surface area contributed by atoms with Crippen molar-refractivity contribution in [2.75, 3.05) is 32.5 Å². The van der Waals surface area contributed by atoms with Gasteiger partial charge in [0.2, 0.25) is 15.9 Å². The third-order valence-electron chi connectivity index (χ3n) is 5.07. The van der Waals surface area contributed by atoms with Crippen LogP contribution in [0.4, 0.5) is 5.69 Å². The third-order valence-corrected chi connectivity index (χ3v) is 7.15. The Labute approximate surface area is 181 Å². The maximum absolute atomic E-state index is 12.7. The molecule has 2 aromatic rings. The van der Waals surface area contributed by atoms with Crippen LogP contribution in [0.5, 0.6) is 0 Å². The van der Waals surface area contributed by atoms with Crippen molar-refractivity contribution in [3.8, 4) is 0 Å². The largest absolute Gasteiger partial charge is 0.338 e. The number of benzene rings is 2. The lowest BCUT2D eigenvalue weighted by molar-refractivity contribution is -0.121. The van der Waals surface area contributed by atoms with Crippen molar-refractivity contribution >= 4 is 39.1 Å². The number of anilines is 1. The highest BCUT2D eigenvalue weighted by Crippen LogP contribution is 2.22. The van der Waals surface area contributed by atoms with Gasteiger partial charge in [-0.1, -0.05) is 11.6 Å². The van der Waals surface area contributed by atoms with E-state index in [1.54, 1.807) is 41.3 Å². The normalized spacial score (nSPS) is 17.1. The molecule has 1 aliphatic rings. The molecule has 9 heteroatoms. The fourth-order valence-corrected chi connectivity index (χ4v) is 4.34. The number of carbonyl (C=O) groups is 2. The average Bonchev–Trinajstić information content (AvgIpc) is 2.74. The van der Waals surface area contributed by atoms with E-state index in [0.717, 1.165) is 10.7 Å². The summed E-state index contributed by atoms with van der Waals surface area (Å²) in [7, 11) is -0.593. The lowest BCUT2D eigenvalue weighted by Crippen LogP contribution is -2.43. The molecule has 1 saturated heterocycles. The van der Waals surface area contributed by atoms with Crippen molar-refractivity contribution in [1.29, 1.82) is 0 Å². The Balaban J connectivity index is 1.64. The van der Waals surface area contributed by atoms with E-state index < -0.39 is 10.0 Å². The Kier molecular flexibility index (Phi) is 6.80. The van der Waals surface area contributed by atoms with Crippen molar-refractivity contribution < 1.29 is 18.0 Å². The number of halogens is 1. The topological polar surface area (TPSA) is 86.8 Å². The number of piperidine rings is 1. The molecular weight excluding hydrogens is 426 g/mol. The third kappa shape index (κ3) is 5.00. The molecule has 0 aliphatic carbocycles. The number of nitrogens with zero attached hydrogens (tertiary/aromatic N) is 2. The first-order valence-corrected chi connectivity index (χ1v) is 11.4. The van der Waals surface area contributed by atoms with Crippen molar-refractivity contribution in [1.82, 2.24) is 9.21 Å². The van der Waals surface area contributed by atoms with Crippen LogP contribution in [0.25, 0.3) is 0 Å². The van der Waals surface area contributed by atoms with E-state index in [1.165, 1.54) is 26.2 Å². The van der Waals surface area contributed by atoms with Gasteiger partial charge in [-0.05, 0) is 61.4 Å². The SMILES string of the molecule is CN(C)S(=O)(=O)c1ccc(NC(=O)[C@@H]2CCCN(C(=O)c3ccc(Cl)cc3)C2)cc1. The minimum Gasteiger partial charge on any atom is -0.338 e. The van der Waals surface area contributed by atoms with E-state index in [1.807, 2.05) is 0 Å². The highest BCUT2D eigenvalue weighted by Gasteiger charge is 2.29. The molecule has 0 unspecified atom stereocenters. The van der Waals surface area contributed by atoms with Crippen LogP contribution < -0.4 is 5.32 Å². The standard InChI is InChI=1S/C21H24ClN3O4S/c1-24(2)30(28,29)19-11-9-18(10-12-19)23-20(26)16-4-3-13-25(14-16)21(27)15-5-7-17(22)8-6-15/h5-12,16H,3-4,13-14H2,1-2H3,(H,23,26)/t16-/m1/s1. The van der Waals surface area contributed by atoms with E-state index in [4.69, 9.17) is 11.6 Å². The summed E-state index contributed by atoms with van der Waals surface area (Å²) in [5.74, 6) is -0.644. The maximum Gasteiger partial charge on any atom is 0.253 e. The molecule has 0 saturated carbocycles. The van der Waals surface area contributed by atoms with E-state index >= 15 is 0 Å². The van der Waals surface area contributed by atoms with Crippen LogP contribution in [-0.4, -0.2) is 56.6 Å². The highest BCUT2D eigenvalue weighted by molar-refractivity contribution is 7.89. The van der Waals surface area contributed by atoms with E-state index in [2.05, 4.69) is 5.32 Å². The average molecular weight is 450 g/mol. The molecule has 0 spiro atoms. The zero-order valence-corrected chi connectivity index (χ0v) is 18.4. The van der Waals surface area contributed by atoms with Crippen molar-refractivity contribution in [2.24, 2.45) is 5.92 Å². The number of rotatable bonds is 5. The Morgan fingerprint density at radius 3 is 2.30 bits per heavy atom. The molecule has 30 heavy (non-hydrogen) atoms. The molecule has 160 valence electrons. The minimum absolute atomic E-state index is 0.123. The number of nitrogens with one attached hydrogen (secondary N) is 1. The Morgan fingerprint density at radius 2 is 1.70 bits per heavy atom. The van der Waals surface area contributed by atoms with Crippen LogP contribution in [0.1, 0.15) is 23.2 Å². The quantitative estimate of drug-likeness (QED) is 0.759. The smallest absolute Gasteiger partial charge is 0.253 e. The molecule has 0 bridgehead atoms. The molecule has 7 nitrogen and oxygen atoms in total. The predicted octanol–water partition coefficient (Wildman–Crippen LogP) is 3.08. The summed E-state index contributed by atoms with van der Waals surface area (Å²) < 4.78 is 25.4. The van der Waals surface area contributed by atoms with E-state index in [0.29, 0.717) is 35.8 Å². The second-order valence-electron chi connectivity index (χ2n) is 7.40. The fourth-order valence-electron chi connectivity index (χ4n) is 3.32. The Bertz CT molecular complexity index is 1020. The van der Waals surface area contributed by atoms with Gasteiger partial charge in [-0.25, -0.2) is 12.7 Å². The lowest BCUT2D eigenvalue weighted by Gasteiger charge is -2.32. The molecule has 0 radical (unpaired) electrons. The van der Waals surface area contributed by atoms with Gasteiger partial charge in [0.05, 0.1) is 10.8 Å². The number of hydrogen-bond acceptors (Lipinski definition) is 4. The van der Waals surface area contributed by atoms with Crippen LogP contribution >= 0.6 is 11.6 Å². The zero-order valence-electron chi connectivity index (χ0n) is 16.8. The molecule has 1 heterocycles. The van der Waals surface area contributed by atoms with Crippen LogP contribution in [0.2, 0.25) is 5.02 Å². The molecule has 1 aliphatic heterocycles. The summed E-state index contributed by atoms with van der Waals surface area (Å²) >= 11 is 5.88. The van der Waals surface area contributed by atoms with Gasteiger partial charge in [0.25, 0.3) is 5.91 Å². The van der Waals surface area contributed by atoms with E-state index in [9.17, 15) is 18.0 Å². The molecular formula is C21H24ClN3O4S. The summed E-state index contributed by atoms with van der Waals surface area (Å²) in [5.41, 5.74) is 1.05. The van der Waals surface area contributed by atoms with Crippen molar-refractivity contribution in [2.45, 2.75) is 17.7 Å². The number of sulfonamides is 1. The summed E-state index contributed by atoms with van der Waals surface area (Å²) in [6, 6.07) is 12.7. The molecule has 0 aromatic heterocycles. The highest BCUT2D eigenvalue weighted by atomic mass is 35.5. The molecule has 3 rings (SSSR count). The van der Waals surface area contributed by atoms with Crippen molar-refractivity contribution in [3.63, 3.8) is 0 Å². The lowest BCUT2D eigenvalue weighted by atomic mass is 9.96. The van der Waals surface area contributed by atoms with Gasteiger partial charge in [0.1, 0.15) is 0 Å². The summed E-state index contributed by atoms with van der Waals surface area (Å²) in [6.07, 6.45) is 1.42. The van der Waals surface area contributed by atoms with Gasteiger partial charge in [0, 0.05) is 43.5 Å². The van der Waals surface area contributed by atoms with Gasteiger partial charge < -0.3 is 10.2 Å². The molecule has 2 amide bonds. The molecule has 2 aromatic carbocycles. The summed E-state index contributed by atoms with van der Waals surface area (Å²) in [4.78, 5) is 27.3. The fraction of sp³-hybridized carbons (Fsp3) is 0.333. The number of carbonyl (C=O) groups excluding carboxylic acids is 2. The summed E-state index contributed by atoms with van der Waals surface area (Å²) in [6.45, 7) is 0.933. The Hall–Kier alpha value is -2.42. The first-order valence-electron chi connectivity index (χ1n) is 9.57. The van der Waals surface area contributed by atoms with Gasteiger partial charge in [-0.2, -0.15) is 0 Å². The van der Waals surface area contributed by atoms with Crippen molar-refractivity contribution in [3.05, 3.63) is 59.1 Å². The van der Waals surface area contributed by atoms with Gasteiger partial charge in [-0.15, -0.1) is 0 Å². The van der Waals surface area contributed by atoms with Crippen LogP contribution in [0.15, 0.2) is 53.4 Å². The van der Waals surface area contributed by atoms with Crippen LogP contribution in [0.3, 0.4) is 0 Å². The van der Waals surface area contributed by atoms with Gasteiger partial charge in [-0.3, -0.25) is 9.59 Å². The summed E-state index contributed by atoms with van der Waals surface area (Å²) in [5, 5.41) is 3.39. The first-order chi connectivity index (χ1) is 14.2. The minimum atomic E-state index is -3.52. The van der Waals surface area contributed by atoms with Crippen LogP contribution in [0, 0.1) is 5.92 Å². The zero-order chi connectivity index (χ0) is 21.9. The second-order valence-corrected chi connectivity index (χ2v) is 9.99. The maximum atomic E-state index is 12.7. The van der Waals surface area contributed by atoms with Gasteiger partial charge in [0.15, 0.2) is 0 Å². The number of amides is 2. The second kappa shape index (κ2) is 9.16. The number of likely N-dealkylation sites (tertiary alicyclic amines) is 1. The van der Waals surface area contributed by atoms with Crippen LogP contribution in [-0.2, 0) is 14.8 Å². The van der Waals surface area contributed by atoms with Gasteiger partial charge >= 0.3 is 0 Å².